The van der Waals surface area contributed by atoms with Crippen molar-refractivity contribution in [2.45, 2.75) is 309 Å². The van der Waals surface area contributed by atoms with Gasteiger partial charge in [0.05, 0.1) is 39.9 Å². The second-order valence-electron chi connectivity index (χ2n) is 22.4. The van der Waals surface area contributed by atoms with Crippen LogP contribution in [0.15, 0.2) is 48.6 Å². The van der Waals surface area contributed by atoms with Crippen molar-refractivity contribution in [2.75, 3.05) is 40.9 Å². The van der Waals surface area contributed by atoms with Crippen molar-refractivity contribution in [3.63, 3.8) is 0 Å². The van der Waals surface area contributed by atoms with Crippen LogP contribution in [0.3, 0.4) is 0 Å². The summed E-state index contributed by atoms with van der Waals surface area (Å²) in [5.41, 5.74) is 0. The molecule has 0 aliphatic heterocycles. The van der Waals surface area contributed by atoms with E-state index in [1.807, 2.05) is 21.1 Å². The average Bonchev–Trinajstić information content (AvgIpc) is 3.34. The van der Waals surface area contributed by atoms with E-state index in [1.54, 1.807) is 0 Å². The number of quaternary nitrogens is 1. The predicted octanol–water partition coefficient (Wildman–Crippen LogP) is 19.1. The van der Waals surface area contributed by atoms with Crippen LogP contribution >= 0.6 is 7.82 Å². The van der Waals surface area contributed by atoms with Gasteiger partial charge >= 0.3 is 7.82 Å². The van der Waals surface area contributed by atoms with Crippen LogP contribution in [0.5, 0.6) is 0 Å². The Kier molecular flexibility index (Phi) is 53.1. The largest absolute Gasteiger partial charge is 0.472 e. The molecule has 0 fully saturated rings. The summed E-state index contributed by atoms with van der Waals surface area (Å²) in [6, 6.07) is -0.771. The first-order valence-corrected chi connectivity index (χ1v) is 32.5. The highest BCUT2D eigenvalue weighted by molar-refractivity contribution is 7.47. The summed E-state index contributed by atoms with van der Waals surface area (Å²) >= 11 is 0. The van der Waals surface area contributed by atoms with E-state index >= 15 is 0 Å². The lowest BCUT2D eigenvalue weighted by Gasteiger charge is -2.26. The highest BCUT2D eigenvalue weighted by Crippen LogP contribution is 2.43. The fraction of sp³-hybridized carbons (Fsp3) is 0.857. The number of phosphoric acid groups is 1. The first kappa shape index (κ1) is 70.5. The number of hydrogen-bond acceptors (Lipinski definition) is 5. The molecule has 3 unspecified atom stereocenters. The molecule has 0 aromatic heterocycles. The van der Waals surface area contributed by atoms with Gasteiger partial charge in [0.25, 0.3) is 0 Å². The number of nitrogens with zero attached hydrogens (tertiary/aromatic N) is 1. The van der Waals surface area contributed by atoms with Gasteiger partial charge in [-0.25, -0.2) is 4.57 Å². The Bertz CT molecular complexity index is 1310. The number of phosphoric ester groups is 1. The molecule has 0 rings (SSSR count). The summed E-state index contributed by atoms with van der Waals surface area (Å²) < 4.78 is 23.8. The first-order valence-electron chi connectivity index (χ1n) is 31.0. The molecule has 9 heteroatoms. The van der Waals surface area contributed by atoms with Crippen molar-refractivity contribution in [1.29, 1.82) is 0 Å². The highest BCUT2D eigenvalue weighted by atomic mass is 31.2. The zero-order valence-corrected chi connectivity index (χ0v) is 49.3. The van der Waals surface area contributed by atoms with E-state index in [4.69, 9.17) is 9.05 Å². The summed E-state index contributed by atoms with van der Waals surface area (Å²) in [6.45, 7) is 4.80. The highest BCUT2D eigenvalue weighted by Gasteiger charge is 2.28. The van der Waals surface area contributed by atoms with Crippen molar-refractivity contribution in [2.24, 2.45) is 0 Å². The number of nitrogens with one attached hydrogen (secondary N) is 1. The van der Waals surface area contributed by atoms with Crippen LogP contribution in [0, 0.1) is 0 Å². The molecule has 0 radical (unpaired) electrons. The molecule has 72 heavy (non-hydrogen) atoms. The maximum Gasteiger partial charge on any atom is 0.472 e. The van der Waals surface area contributed by atoms with Crippen molar-refractivity contribution in [3.8, 4) is 0 Å². The van der Waals surface area contributed by atoms with E-state index in [0.29, 0.717) is 23.9 Å². The molecule has 8 nitrogen and oxygen atoms in total. The fourth-order valence-corrected chi connectivity index (χ4v) is 10.0. The normalized spacial score (nSPS) is 14.2. The van der Waals surface area contributed by atoms with E-state index in [-0.39, 0.29) is 19.1 Å². The van der Waals surface area contributed by atoms with E-state index in [9.17, 15) is 19.4 Å². The first-order chi connectivity index (χ1) is 35.0. The van der Waals surface area contributed by atoms with Crippen LogP contribution in [0.4, 0.5) is 0 Å². The zero-order valence-electron chi connectivity index (χ0n) is 48.4. The van der Waals surface area contributed by atoms with E-state index in [0.717, 1.165) is 77.0 Å². The maximum absolute atomic E-state index is 13.0. The van der Waals surface area contributed by atoms with Gasteiger partial charge in [-0.05, 0) is 51.4 Å². The smallest absolute Gasteiger partial charge is 0.391 e. The number of amides is 1. The SMILES string of the molecule is CC/C=C\C/C=C\C/C=C\C/C=C\CCCCCCCCC(=O)NC(COP(=O)(O)OCC[N+](C)(C)C)C(O)CCCCCCCCCCCCCCCCCCCCCCCCCCCCCCCCC. The van der Waals surface area contributed by atoms with Crippen molar-refractivity contribution >= 4 is 13.7 Å². The molecule has 0 saturated heterocycles. The summed E-state index contributed by atoms with van der Waals surface area (Å²) in [4.78, 5) is 23.4. The molecule has 3 atom stereocenters. The van der Waals surface area contributed by atoms with Gasteiger partial charge in [0, 0.05) is 6.42 Å². The Balaban J connectivity index is 4.07. The van der Waals surface area contributed by atoms with Gasteiger partial charge < -0.3 is 19.8 Å². The van der Waals surface area contributed by atoms with E-state index in [1.165, 1.54) is 193 Å². The standard InChI is InChI=1S/C63H121N2O6P/c1-6-8-10-12-14-16-18-20-22-24-26-27-28-29-30-31-32-33-34-35-36-37-39-40-42-44-46-48-50-52-54-56-62(66)61(60-71-72(68,69)70-59-58-65(3,4)5)64-63(67)57-55-53-51-49-47-45-43-41-38-25-23-21-19-17-15-13-11-9-7-2/h9,11,15,17,21,23,38,41,61-62,66H,6-8,10,12-14,16,18-20,22,24-37,39-40,42-60H2,1-5H3,(H-,64,67,68,69)/p+1/b11-9-,17-15-,23-21-,41-38-. The lowest BCUT2D eigenvalue weighted by Crippen LogP contribution is -2.46. The Morgan fingerprint density at radius 1 is 0.486 bits per heavy atom. The molecule has 0 aliphatic rings. The lowest BCUT2D eigenvalue weighted by atomic mass is 10.0. The number of unbranched alkanes of at least 4 members (excludes halogenated alkanes) is 36. The summed E-state index contributed by atoms with van der Waals surface area (Å²) in [5.74, 6) is -0.156. The number of carbonyl (C=O) groups excluding carboxylic acids is 1. The van der Waals surface area contributed by atoms with Crippen LogP contribution in [0.1, 0.15) is 296 Å². The van der Waals surface area contributed by atoms with Gasteiger partial charge in [-0.2, -0.15) is 0 Å². The van der Waals surface area contributed by atoms with Crippen LogP contribution in [0.25, 0.3) is 0 Å². The summed E-state index contributed by atoms with van der Waals surface area (Å²) in [7, 11) is 1.61. The molecule has 0 aromatic rings. The number of allylic oxidation sites excluding steroid dienone is 8. The van der Waals surface area contributed by atoms with Crippen molar-refractivity contribution in [1.82, 2.24) is 5.32 Å². The molecule has 0 spiro atoms. The monoisotopic (exact) mass is 1030 g/mol. The van der Waals surface area contributed by atoms with E-state index in [2.05, 4.69) is 67.8 Å². The third kappa shape index (κ3) is 56.2. The third-order valence-electron chi connectivity index (χ3n) is 14.1. The minimum absolute atomic E-state index is 0.0704. The quantitative estimate of drug-likeness (QED) is 0.0243. The minimum Gasteiger partial charge on any atom is -0.391 e. The topological polar surface area (TPSA) is 105 Å². The number of likely N-dealkylation sites (N-methyl/N-ethyl adjacent to an activating group) is 1. The molecular weight excluding hydrogens is 912 g/mol. The number of carbonyl (C=O) groups is 1. The third-order valence-corrected chi connectivity index (χ3v) is 15.1. The van der Waals surface area contributed by atoms with E-state index < -0.39 is 20.0 Å². The summed E-state index contributed by atoms with van der Waals surface area (Å²) in [5, 5.41) is 14.1. The average molecular weight is 1030 g/mol. The number of rotatable bonds is 57. The van der Waals surface area contributed by atoms with Gasteiger partial charge in [0.2, 0.25) is 5.91 Å². The molecule has 0 aliphatic carbocycles. The molecule has 0 heterocycles. The maximum atomic E-state index is 13.0. The van der Waals surface area contributed by atoms with Crippen LogP contribution in [-0.2, 0) is 18.4 Å². The number of aliphatic hydroxyl groups is 1. The van der Waals surface area contributed by atoms with Gasteiger partial charge in [0.1, 0.15) is 13.2 Å². The molecule has 0 bridgehead atoms. The zero-order chi connectivity index (χ0) is 52.7. The lowest BCUT2D eigenvalue weighted by molar-refractivity contribution is -0.870. The van der Waals surface area contributed by atoms with Gasteiger partial charge in [-0.15, -0.1) is 0 Å². The predicted molar refractivity (Wildman–Crippen MR) is 314 cm³/mol. The van der Waals surface area contributed by atoms with Crippen molar-refractivity contribution < 1.29 is 32.9 Å². The Morgan fingerprint density at radius 3 is 1.22 bits per heavy atom. The Hall–Kier alpha value is -1.54. The second-order valence-corrected chi connectivity index (χ2v) is 23.9. The number of hydrogen-bond donors (Lipinski definition) is 3. The van der Waals surface area contributed by atoms with Crippen LogP contribution < -0.4 is 5.32 Å². The second kappa shape index (κ2) is 54.3. The molecule has 0 saturated carbocycles. The Morgan fingerprint density at radius 2 is 0.833 bits per heavy atom. The molecule has 0 aromatic carbocycles. The fourth-order valence-electron chi connectivity index (χ4n) is 9.28. The molecule has 1 amide bonds. The summed E-state index contributed by atoms with van der Waals surface area (Å²) in [6.07, 6.45) is 71.9. The molecule has 424 valence electrons. The molecular formula is C63H122N2O6P+. The Labute approximate surface area is 448 Å². The number of aliphatic hydroxyl groups excluding tert-OH is 1. The van der Waals surface area contributed by atoms with Crippen LogP contribution in [0.2, 0.25) is 0 Å². The van der Waals surface area contributed by atoms with Gasteiger partial charge in [0.15, 0.2) is 0 Å². The minimum atomic E-state index is -4.33. The van der Waals surface area contributed by atoms with Gasteiger partial charge in [-0.3, -0.25) is 13.8 Å². The van der Waals surface area contributed by atoms with Crippen molar-refractivity contribution in [3.05, 3.63) is 48.6 Å². The van der Waals surface area contributed by atoms with Crippen LogP contribution in [-0.4, -0.2) is 73.4 Å². The molecule has 3 N–H and O–H groups in total. The van der Waals surface area contributed by atoms with Gasteiger partial charge in [-0.1, -0.05) is 287 Å².